The van der Waals surface area contributed by atoms with Gasteiger partial charge in [-0.2, -0.15) is 0 Å². The monoisotopic (exact) mass is 296 g/mol. The van der Waals surface area contributed by atoms with Gasteiger partial charge in [0.05, 0.1) is 18.8 Å². The molecule has 0 aromatic heterocycles. The predicted octanol–water partition coefficient (Wildman–Crippen LogP) is 2.96. The third-order valence-corrected chi connectivity index (χ3v) is 3.86. The quantitative estimate of drug-likeness (QED) is 0.638. The number of methoxy groups -OCH3 is 3. The van der Waals surface area contributed by atoms with Crippen molar-refractivity contribution in [2.24, 2.45) is 0 Å². The molecule has 4 nitrogen and oxygen atoms in total. The number of ether oxygens (including phenoxy) is 3. The van der Waals surface area contributed by atoms with Crippen LogP contribution in [-0.4, -0.2) is 45.3 Å². The standard InChI is InChI=1S/C17H28O4/c1-19-15(14-9-5-4-6-10-14)11-7-8-12-16(20-2)17(13-18)21-3/h4-6,9-10,15-18H,7-8,11-13H2,1-3H3/t15-,16+,17-/m1/s1. The molecule has 0 aliphatic heterocycles. The first-order valence-corrected chi connectivity index (χ1v) is 7.51. The fourth-order valence-electron chi connectivity index (χ4n) is 2.56. The van der Waals surface area contributed by atoms with Gasteiger partial charge in [0.1, 0.15) is 6.10 Å². The molecule has 0 saturated carbocycles. The van der Waals surface area contributed by atoms with Crippen LogP contribution in [0.15, 0.2) is 30.3 Å². The van der Waals surface area contributed by atoms with E-state index in [4.69, 9.17) is 14.2 Å². The summed E-state index contributed by atoms with van der Waals surface area (Å²) in [5.41, 5.74) is 1.22. The Morgan fingerprint density at radius 1 is 0.857 bits per heavy atom. The van der Waals surface area contributed by atoms with Crippen LogP contribution in [0.4, 0.5) is 0 Å². The Hall–Kier alpha value is -0.940. The van der Waals surface area contributed by atoms with Crippen molar-refractivity contribution in [2.45, 2.75) is 44.0 Å². The van der Waals surface area contributed by atoms with Gasteiger partial charge in [-0.3, -0.25) is 0 Å². The molecule has 0 aliphatic rings. The zero-order chi connectivity index (χ0) is 15.5. The van der Waals surface area contributed by atoms with Crippen molar-refractivity contribution in [3.63, 3.8) is 0 Å². The van der Waals surface area contributed by atoms with E-state index in [2.05, 4.69) is 12.1 Å². The summed E-state index contributed by atoms with van der Waals surface area (Å²) < 4.78 is 16.2. The molecule has 21 heavy (non-hydrogen) atoms. The van der Waals surface area contributed by atoms with Crippen molar-refractivity contribution in [1.82, 2.24) is 0 Å². The zero-order valence-corrected chi connectivity index (χ0v) is 13.3. The maximum Gasteiger partial charge on any atom is 0.106 e. The third kappa shape index (κ3) is 6.14. The van der Waals surface area contributed by atoms with E-state index in [9.17, 15) is 5.11 Å². The Kier molecular flexibility index (Phi) is 9.26. The zero-order valence-electron chi connectivity index (χ0n) is 13.3. The molecular formula is C17H28O4. The summed E-state index contributed by atoms with van der Waals surface area (Å²) in [4.78, 5) is 0. The summed E-state index contributed by atoms with van der Waals surface area (Å²) in [6.07, 6.45) is 3.76. The lowest BCUT2D eigenvalue weighted by Gasteiger charge is -2.23. The largest absolute Gasteiger partial charge is 0.394 e. The SMILES string of the molecule is CO[C@@H](CCCC[C@@H](OC)c1ccccc1)[C@@H](CO)OC. The molecule has 120 valence electrons. The van der Waals surface area contributed by atoms with Crippen molar-refractivity contribution in [2.75, 3.05) is 27.9 Å². The van der Waals surface area contributed by atoms with Crippen LogP contribution in [0, 0.1) is 0 Å². The molecule has 0 spiro atoms. The van der Waals surface area contributed by atoms with Gasteiger partial charge < -0.3 is 19.3 Å². The van der Waals surface area contributed by atoms with E-state index in [1.54, 1.807) is 21.3 Å². The normalized spacial score (nSPS) is 15.6. The van der Waals surface area contributed by atoms with Gasteiger partial charge in [-0.15, -0.1) is 0 Å². The minimum absolute atomic E-state index is 0.0142. The Morgan fingerprint density at radius 2 is 1.48 bits per heavy atom. The lowest BCUT2D eigenvalue weighted by Crippen LogP contribution is -2.33. The molecule has 1 aromatic carbocycles. The predicted molar refractivity (Wildman–Crippen MR) is 83.3 cm³/mol. The molecule has 1 N–H and O–H groups in total. The molecule has 0 fully saturated rings. The number of hydrogen-bond acceptors (Lipinski definition) is 4. The molecule has 0 unspecified atom stereocenters. The number of hydrogen-bond donors (Lipinski definition) is 1. The van der Waals surface area contributed by atoms with E-state index >= 15 is 0 Å². The van der Waals surface area contributed by atoms with E-state index < -0.39 is 0 Å². The number of benzene rings is 1. The molecule has 0 amide bonds. The molecule has 0 heterocycles. The topological polar surface area (TPSA) is 47.9 Å². The van der Waals surface area contributed by atoms with Crippen molar-refractivity contribution in [3.05, 3.63) is 35.9 Å². The summed E-state index contributed by atoms with van der Waals surface area (Å²) in [5, 5.41) is 9.23. The highest BCUT2D eigenvalue weighted by molar-refractivity contribution is 5.17. The smallest absolute Gasteiger partial charge is 0.106 e. The van der Waals surface area contributed by atoms with Crippen LogP contribution < -0.4 is 0 Å². The van der Waals surface area contributed by atoms with Gasteiger partial charge >= 0.3 is 0 Å². The summed E-state index contributed by atoms with van der Waals surface area (Å²) in [7, 11) is 5.01. The fourth-order valence-corrected chi connectivity index (χ4v) is 2.56. The van der Waals surface area contributed by atoms with Gasteiger partial charge in [-0.1, -0.05) is 43.2 Å². The summed E-state index contributed by atoms with van der Waals surface area (Å²) in [6, 6.07) is 10.3. The van der Waals surface area contributed by atoms with E-state index in [1.807, 2.05) is 18.2 Å². The van der Waals surface area contributed by atoms with E-state index in [0.29, 0.717) is 0 Å². The number of aliphatic hydroxyl groups is 1. The molecule has 3 atom stereocenters. The molecule has 0 saturated heterocycles. The van der Waals surface area contributed by atoms with E-state index in [1.165, 1.54) is 5.56 Å². The van der Waals surface area contributed by atoms with Crippen LogP contribution >= 0.6 is 0 Å². The second kappa shape index (κ2) is 10.7. The van der Waals surface area contributed by atoms with E-state index in [0.717, 1.165) is 25.7 Å². The second-order valence-electron chi connectivity index (χ2n) is 5.15. The minimum Gasteiger partial charge on any atom is -0.394 e. The maximum atomic E-state index is 9.23. The average Bonchev–Trinajstić information content (AvgIpc) is 2.55. The van der Waals surface area contributed by atoms with Crippen LogP contribution in [0.1, 0.15) is 37.4 Å². The van der Waals surface area contributed by atoms with Crippen molar-refractivity contribution >= 4 is 0 Å². The van der Waals surface area contributed by atoms with Crippen LogP contribution in [0.2, 0.25) is 0 Å². The fraction of sp³-hybridized carbons (Fsp3) is 0.647. The average molecular weight is 296 g/mol. The Bertz CT molecular complexity index is 351. The molecule has 1 aromatic rings. The van der Waals surface area contributed by atoms with Crippen LogP contribution in [0.3, 0.4) is 0 Å². The summed E-state index contributed by atoms with van der Waals surface area (Å²) in [6.45, 7) is -0.0142. The van der Waals surface area contributed by atoms with Crippen molar-refractivity contribution in [3.8, 4) is 0 Å². The molecule has 0 bridgehead atoms. The lowest BCUT2D eigenvalue weighted by molar-refractivity contribution is -0.0637. The van der Waals surface area contributed by atoms with Gasteiger partial charge in [-0.05, 0) is 18.4 Å². The van der Waals surface area contributed by atoms with Crippen LogP contribution in [0.25, 0.3) is 0 Å². The molecule has 1 rings (SSSR count). The first-order chi connectivity index (χ1) is 10.3. The second-order valence-corrected chi connectivity index (χ2v) is 5.15. The molecule has 0 radical (unpaired) electrons. The van der Waals surface area contributed by atoms with E-state index in [-0.39, 0.29) is 24.9 Å². The Balaban J connectivity index is 2.34. The van der Waals surface area contributed by atoms with Crippen LogP contribution in [0.5, 0.6) is 0 Å². The first kappa shape index (κ1) is 18.1. The summed E-state index contributed by atoms with van der Waals surface area (Å²) in [5.74, 6) is 0. The number of unbranched alkanes of at least 4 members (excludes halogenated alkanes) is 1. The maximum absolute atomic E-state index is 9.23. The minimum atomic E-state index is -0.248. The van der Waals surface area contributed by atoms with Crippen LogP contribution in [-0.2, 0) is 14.2 Å². The number of aliphatic hydroxyl groups excluding tert-OH is 1. The van der Waals surface area contributed by atoms with Gasteiger partial charge in [0.15, 0.2) is 0 Å². The lowest BCUT2D eigenvalue weighted by atomic mass is 10.0. The van der Waals surface area contributed by atoms with Gasteiger partial charge in [0.2, 0.25) is 0 Å². The number of rotatable bonds is 11. The van der Waals surface area contributed by atoms with Crippen molar-refractivity contribution in [1.29, 1.82) is 0 Å². The Morgan fingerprint density at radius 3 is 2.00 bits per heavy atom. The highest BCUT2D eigenvalue weighted by Crippen LogP contribution is 2.23. The van der Waals surface area contributed by atoms with Crippen molar-refractivity contribution < 1.29 is 19.3 Å². The Labute approximate surface area is 128 Å². The first-order valence-electron chi connectivity index (χ1n) is 7.51. The molecule has 0 aliphatic carbocycles. The van der Waals surface area contributed by atoms with Gasteiger partial charge in [0, 0.05) is 21.3 Å². The molecule has 4 heteroatoms. The van der Waals surface area contributed by atoms with Gasteiger partial charge in [0.25, 0.3) is 0 Å². The third-order valence-electron chi connectivity index (χ3n) is 3.86. The van der Waals surface area contributed by atoms with Gasteiger partial charge in [-0.25, -0.2) is 0 Å². The molecular weight excluding hydrogens is 268 g/mol. The highest BCUT2D eigenvalue weighted by Gasteiger charge is 2.19. The summed E-state index contributed by atoms with van der Waals surface area (Å²) >= 11 is 0. The highest BCUT2D eigenvalue weighted by atomic mass is 16.5.